The number of hydrogen-bond acceptors (Lipinski definition) is 1. The van der Waals surface area contributed by atoms with Gasteiger partial charge in [0.15, 0.2) is 0 Å². The lowest BCUT2D eigenvalue weighted by Gasteiger charge is -2.28. The molecular weight excluding hydrogens is 677 g/mol. The van der Waals surface area contributed by atoms with E-state index in [2.05, 4.69) is 207 Å². The fourth-order valence-electron chi connectivity index (χ4n) is 10.6. The molecule has 0 radical (unpaired) electrons. The Bertz CT molecular complexity index is 3250. The molecule has 2 heterocycles. The van der Waals surface area contributed by atoms with E-state index in [9.17, 15) is 0 Å². The highest BCUT2D eigenvalue weighted by molar-refractivity contribution is 6.27. The van der Waals surface area contributed by atoms with E-state index in [4.69, 9.17) is 0 Å². The summed E-state index contributed by atoms with van der Waals surface area (Å²) in [6.07, 6.45) is 0. The summed E-state index contributed by atoms with van der Waals surface area (Å²) in [5.41, 5.74) is 20.6. The molecule has 10 aromatic rings. The molecule has 0 saturated heterocycles. The van der Waals surface area contributed by atoms with Gasteiger partial charge in [-0.05, 0) is 104 Å². The standard InChI is InChI=1S/C54H40N2/c1-53(2)44-17-9-5-13-37(44)42-31-34(23-28-46(42)53)33-21-24-35(25-22-33)55(36-26-29-47-43(32-36)38-14-6-10-18-45(38)54(47,3)4)50-30-27-40-39-15-7-11-19-48(39)56-49-20-12-8-16-41(49)51(50)52(40)56/h5-32H,1-4H3. The van der Waals surface area contributed by atoms with Gasteiger partial charge in [-0.1, -0.05) is 149 Å². The molecule has 8 aromatic carbocycles. The minimum atomic E-state index is -0.0601. The molecule has 0 fully saturated rings. The predicted octanol–water partition coefficient (Wildman–Crippen LogP) is 14.6. The zero-order valence-corrected chi connectivity index (χ0v) is 32.1. The maximum atomic E-state index is 2.50. The summed E-state index contributed by atoms with van der Waals surface area (Å²) < 4.78 is 2.48. The van der Waals surface area contributed by atoms with Crippen molar-refractivity contribution in [2.75, 3.05) is 4.90 Å². The Morgan fingerprint density at radius 2 is 0.911 bits per heavy atom. The Labute approximate surface area is 327 Å². The first-order valence-corrected chi connectivity index (χ1v) is 19.9. The van der Waals surface area contributed by atoms with E-state index < -0.39 is 0 Å². The zero-order valence-electron chi connectivity index (χ0n) is 32.1. The summed E-state index contributed by atoms with van der Waals surface area (Å²) >= 11 is 0. The number of fused-ring (bicyclic) bond motifs is 12. The van der Waals surface area contributed by atoms with Crippen molar-refractivity contribution in [3.63, 3.8) is 0 Å². The first kappa shape index (κ1) is 31.7. The second-order valence-electron chi connectivity index (χ2n) is 16.9. The van der Waals surface area contributed by atoms with Crippen LogP contribution in [0.5, 0.6) is 0 Å². The van der Waals surface area contributed by atoms with Gasteiger partial charge in [-0.25, -0.2) is 0 Å². The highest BCUT2D eigenvalue weighted by Crippen LogP contribution is 2.53. The van der Waals surface area contributed by atoms with Crippen molar-refractivity contribution in [3.8, 4) is 33.4 Å². The fraction of sp³-hybridized carbons (Fsp3) is 0.111. The van der Waals surface area contributed by atoms with E-state index in [1.807, 2.05) is 0 Å². The molecule has 2 aliphatic rings. The summed E-state index contributed by atoms with van der Waals surface area (Å²) in [6, 6.07) is 63.8. The van der Waals surface area contributed by atoms with Gasteiger partial charge in [0, 0.05) is 43.7 Å². The largest absolute Gasteiger partial charge is 0.310 e. The zero-order chi connectivity index (χ0) is 37.5. The van der Waals surface area contributed by atoms with E-state index in [-0.39, 0.29) is 10.8 Å². The lowest BCUT2D eigenvalue weighted by Crippen LogP contribution is -2.15. The van der Waals surface area contributed by atoms with Gasteiger partial charge in [-0.2, -0.15) is 0 Å². The van der Waals surface area contributed by atoms with Crippen LogP contribution in [0.25, 0.3) is 71.5 Å². The molecule has 56 heavy (non-hydrogen) atoms. The molecular formula is C54H40N2. The van der Waals surface area contributed by atoms with Crippen molar-refractivity contribution < 1.29 is 0 Å². The molecule has 0 N–H and O–H groups in total. The molecule has 2 aliphatic carbocycles. The van der Waals surface area contributed by atoms with Crippen molar-refractivity contribution in [2.45, 2.75) is 38.5 Å². The van der Waals surface area contributed by atoms with Gasteiger partial charge in [0.25, 0.3) is 0 Å². The monoisotopic (exact) mass is 716 g/mol. The third kappa shape index (κ3) is 4.06. The lowest BCUT2D eigenvalue weighted by atomic mass is 9.82. The van der Waals surface area contributed by atoms with Crippen LogP contribution in [0, 0.1) is 0 Å². The highest BCUT2D eigenvalue weighted by Gasteiger charge is 2.37. The summed E-state index contributed by atoms with van der Waals surface area (Å²) in [4.78, 5) is 2.50. The van der Waals surface area contributed by atoms with Gasteiger partial charge in [0.1, 0.15) is 0 Å². The Hall–Kier alpha value is -6.64. The van der Waals surface area contributed by atoms with Crippen molar-refractivity contribution in [1.82, 2.24) is 4.40 Å². The smallest absolute Gasteiger partial charge is 0.0641 e. The van der Waals surface area contributed by atoms with Gasteiger partial charge >= 0.3 is 0 Å². The van der Waals surface area contributed by atoms with Crippen LogP contribution in [-0.2, 0) is 10.8 Å². The summed E-state index contributed by atoms with van der Waals surface area (Å²) in [6.45, 7) is 9.41. The van der Waals surface area contributed by atoms with Crippen LogP contribution < -0.4 is 4.90 Å². The van der Waals surface area contributed by atoms with Crippen LogP contribution >= 0.6 is 0 Å². The molecule has 0 aliphatic heterocycles. The van der Waals surface area contributed by atoms with E-state index in [1.54, 1.807) is 0 Å². The van der Waals surface area contributed by atoms with E-state index in [1.165, 1.54) is 99.4 Å². The SMILES string of the molecule is CC1(C)c2ccccc2-c2cc(-c3ccc(N(c4ccc5c(c4)-c4ccccc4C5(C)C)c4ccc5c6ccccc6n6c7ccccc7c4c56)cc3)ccc21. The number of benzene rings is 8. The summed E-state index contributed by atoms with van der Waals surface area (Å²) in [5.74, 6) is 0. The molecule has 2 nitrogen and oxygen atoms in total. The first-order valence-electron chi connectivity index (χ1n) is 19.9. The quantitative estimate of drug-likeness (QED) is 0.176. The number of hydrogen-bond donors (Lipinski definition) is 0. The average Bonchev–Trinajstić information content (AvgIpc) is 3.90. The van der Waals surface area contributed by atoms with Crippen LogP contribution in [0.3, 0.4) is 0 Å². The lowest BCUT2D eigenvalue weighted by molar-refractivity contribution is 0.660. The molecule has 2 aromatic heterocycles. The molecule has 0 unspecified atom stereocenters. The van der Waals surface area contributed by atoms with E-state index in [0.717, 1.165) is 11.4 Å². The minimum absolute atomic E-state index is 0.00671. The number of anilines is 3. The topological polar surface area (TPSA) is 7.65 Å². The van der Waals surface area contributed by atoms with E-state index in [0.29, 0.717) is 0 Å². The maximum Gasteiger partial charge on any atom is 0.0641 e. The normalized spacial score (nSPS) is 14.7. The highest BCUT2D eigenvalue weighted by atomic mass is 15.1. The summed E-state index contributed by atoms with van der Waals surface area (Å²) in [5, 5.41) is 5.12. The van der Waals surface area contributed by atoms with Crippen LogP contribution in [0.2, 0.25) is 0 Å². The van der Waals surface area contributed by atoms with Crippen LogP contribution in [-0.4, -0.2) is 4.40 Å². The molecule has 12 rings (SSSR count). The Balaban J connectivity index is 1.08. The van der Waals surface area contributed by atoms with Gasteiger partial charge in [-0.15, -0.1) is 0 Å². The number of rotatable bonds is 4. The van der Waals surface area contributed by atoms with Gasteiger partial charge < -0.3 is 9.30 Å². The summed E-state index contributed by atoms with van der Waals surface area (Å²) in [7, 11) is 0. The molecule has 0 saturated carbocycles. The Morgan fingerprint density at radius 1 is 0.393 bits per heavy atom. The van der Waals surface area contributed by atoms with Crippen LogP contribution in [0.1, 0.15) is 49.9 Å². The predicted molar refractivity (Wildman–Crippen MR) is 236 cm³/mol. The van der Waals surface area contributed by atoms with Crippen LogP contribution in [0.4, 0.5) is 17.1 Å². The number of aromatic nitrogens is 1. The maximum absolute atomic E-state index is 2.50. The fourth-order valence-corrected chi connectivity index (χ4v) is 10.6. The second-order valence-corrected chi connectivity index (χ2v) is 16.9. The molecule has 0 bridgehead atoms. The van der Waals surface area contributed by atoms with Crippen molar-refractivity contribution >= 4 is 55.2 Å². The average molecular weight is 717 g/mol. The minimum Gasteiger partial charge on any atom is -0.310 e. The van der Waals surface area contributed by atoms with Crippen molar-refractivity contribution in [2.24, 2.45) is 0 Å². The number of para-hydroxylation sites is 2. The van der Waals surface area contributed by atoms with Gasteiger partial charge in [0.05, 0.1) is 22.2 Å². The molecule has 0 spiro atoms. The van der Waals surface area contributed by atoms with Gasteiger partial charge in [-0.3, -0.25) is 0 Å². The Morgan fingerprint density at radius 3 is 1.61 bits per heavy atom. The molecule has 0 atom stereocenters. The first-order chi connectivity index (χ1) is 27.3. The molecule has 2 heteroatoms. The van der Waals surface area contributed by atoms with E-state index >= 15 is 0 Å². The molecule has 0 amide bonds. The Kier molecular flexibility index (Phi) is 6.22. The second kappa shape index (κ2) is 11.0. The van der Waals surface area contributed by atoms with Crippen molar-refractivity contribution in [3.05, 3.63) is 192 Å². The third-order valence-electron chi connectivity index (χ3n) is 13.3. The molecule has 266 valence electrons. The van der Waals surface area contributed by atoms with Gasteiger partial charge in [0.2, 0.25) is 0 Å². The van der Waals surface area contributed by atoms with Crippen LogP contribution in [0.15, 0.2) is 170 Å². The number of nitrogens with zero attached hydrogens (tertiary/aromatic N) is 2. The third-order valence-corrected chi connectivity index (χ3v) is 13.3. The van der Waals surface area contributed by atoms with Crippen molar-refractivity contribution in [1.29, 1.82) is 0 Å².